The molecule has 0 aliphatic carbocycles. The molecule has 1 atom stereocenters. The van der Waals surface area contributed by atoms with Crippen molar-refractivity contribution in [3.63, 3.8) is 0 Å². The second-order valence-corrected chi connectivity index (χ2v) is 5.74. The third-order valence-electron chi connectivity index (χ3n) is 3.99. The number of amides is 1. The Labute approximate surface area is 165 Å². The van der Waals surface area contributed by atoms with E-state index in [0.717, 1.165) is 12.5 Å². The minimum atomic E-state index is -4.58. The fourth-order valence-electron chi connectivity index (χ4n) is 2.52. The van der Waals surface area contributed by atoms with Crippen molar-refractivity contribution in [3.8, 4) is 0 Å². The summed E-state index contributed by atoms with van der Waals surface area (Å²) in [6.45, 7) is 10.4. The van der Waals surface area contributed by atoms with Crippen molar-refractivity contribution in [1.82, 2.24) is 9.47 Å². The molecule has 0 fully saturated rings. The van der Waals surface area contributed by atoms with E-state index in [1.165, 1.54) is 9.47 Å². The van der Waals surface area contributed by atoms with Crippen molar-refractivity contribution in [2.75, 3.05) is 6.54 Å². The number of nitrogens with two attached hydrogens (primary N) is 1. The van der Waals surface area contributed by atoms with Crippen LogP contribution in [0.25, 0.3) is 0 Å². The van der Waals surface area contributed by atoms with E-state index in [0.29, 0.717) is 12.6 Å². The van der Waals surface area contributed by atoms with Crippen LogP contribution in [0.4, 0.5) is 13.2 Å². The summed E-state index contributed by atoms with van der Waals surface area (Å²) in [6.07, 6.45) is -0.283. The molecule has 2 N–H and O–H groups in total. The molecule has 1 aliphatic rings. The van der Waals surface area contributed by atoms with Gasteiger partial charge in [0.05, 0.1) is 12.1 Å². The third kappa shape index (κ3) is 7.50. The Morgan fingerprint density at radius 3 is 2.36 bits per heavy atom. The molecule has 1 amide bonds. The van der Waals surface area contributed by atoms with E-state index in [1.54, 1.807) is 12.2 Å². The number of carbonyl (C=O) groups excluding carboxylic acids is 1. The molecule has 0 spiro atoms. The van der Waals surface area contributed by atoms with E-state index >= 15 is 0 Å². The van der Waals surface area contributed by atoms with Crippen molar-refractivity contribution in [2.45, 2.75) is 72.8 Å². The molecule has 1 aliphatic heterocycles. The molecule has 1 aromatic heterocycles. The number of nitrogens with zero attached hydrogens (tertiary/aromatic N) is 2. The lowest BCUT2D eigenvalue weighted by Gasteiger charge is -2.30. The molecule has 2 heterocycles. The Balaban J connectivity index is 0.00000171. The van der Waals surface area contributed by atoms with Gasteiger partial charge in [-0.1, -0.05) is 46.8 Å². The number of rotatable bonds is 4. The summed E-state index contributed by atoms with van der Waals surface area (Å²) in [6, 6.07) is 1.41. The highest BCUT2D eigenvalue weighted by Gasteiger charge is 2.33. The SMILES string of the molecule is CC.CC.CC[C@H](N)/C=C\CC(=O)N1CCn2c(cc(C(F)(F)F)cc2=O)C1. The number of hydrogen-bond donors (Lipinski definition) is 1. The summed E-state index contributed by atoms with van der Waals surface area (Å²) in [5, 5.41) is 0. The fourth-order valence-corrected chi connectivity index (χ4v) is 2.52. The van der Waals surface area contributed by atoms with Gasteiger partial charge in [0.15, 0.2) is 0 Å². The van der Waals surface area contributed by atoms with Gasteiger partial charge in [-0.2, -0.15) is 13.2 Å². The van der Waals surface area contributed by atoms with Crippen LogP contribution in [0.1, 0.15) is 58.7 Å². The molecule has 2 rings (SSSR count). The maximum Gasteiger partial charge on any atom is 0.416 e. The summed E-state index contributed by atoms with van der Waals surface area (Å²) in [5.41, 5.74) is 4.24. The van der Waals surface area contributed by atoms with Gasteiger partial charge in [0.25, 0.3) is 5.56 Å². The molecule has 28 heavy (non-hydrogen) atoms. The van der Waals surface area contributed by atoms with Crippen LogP contribution in [0.15, 0.2) is 29.1 Å². The fraction of sp³-hybridized carbons (Fsp3) is 0.600. The van der Waals surface area contributed by atoms with E-state index in [9.17, 15) is 22.8 Å². The van der Waals surface area contributed by atoms with Crippen molar-refractivity contribution in [3.05, 3.63) is 45.9 Å². The van der Waals surface area contributed by atoms with E-state index in [-0.39, 0.29) is 37.2 Å². The van der Waals surface area contributed by atoms with Crippen molar-refractivity contribution < 1.29 is 18.0 Å². The molecule has 0 saturated carbocycles. The van der Waals surface area contributed by atoms with Gasteiger partial charge in [-0.05, 0) is 12.5 Å². The Kier molecular flexibility index (Phi) is 11.5. The number of alkyl halides is 3. The quantitative estimate of drug-likeness (QED) is 0.774. The first-order chi connectivity index (χ1) is 13.2. The van der Waals surface area contributed by atoms with Gasteiger partial charge in [-0.25, -0.2) is 0 Å². The standard InChI is InChI=1S/C16H20F3N3O2.2C2H6/c1-2-12(20)4-3-5-14(23)21-6-7-22-13(10-21)8-11(9-15(22)24)16(17,18)19;2*1-2/h3-4,8-9,12H,2,5-7,10,20H2,1H3;2*1-2H3/b4-3-;;/t12-;;/m0../s1. The number of carbonyl (C=O) groups is 1. The van der Waals surface area contributed by atoms with Gasteiger partial charge in [-0.15, -0.1) is 0 Å². The topological polar surface area (TPSA) is 68.3 Å². The molecule has 0 saturated heterocycles. The minimum Gasteiger partial charge on any atom is -0.335 e. The predicted molar refractivity (Wildman–Crippen MR) is 106 cm³/mol. The molecule has 0 aromatic carbocycles. The Morgan fingerprint density at radius 1 is 1.21 bits per heavy atom. The summed E-state index contributed by atoms with van der Waals surface area (Å²) in [7, 11) is 0. The second-order valence-electron chi connectivity index (χ2n) is 5.74. The highest BCUT2D eigenvalue weighted by atomic mass is 19.4. The van der Waals surface area contributed by atoms with Crippen molar-refractivity contribution in [2.24, 2.45) is 5.73 Å². The van der Waals surface area contributed by atoms with Gasteiger partial charge in [-0.3, -0.25) is 9.59 Å². The first-order valence-corrected chi connectivity index (χ1v) is 9.73. The molecule has 1 aromatic rings. The number of pyridine rings is 1. The largest absolute Gasteiger partial charge is 0.416 e. The van der Waals surface area contributed by atoms with E-state index in [2.05, 4.69) is 0 Å². The van der Waals surface area contributed by atoms with E-state index in [4.69, 9.17) is 5.73 Å². The molecule has 5 nitrogen and oxygen atoms in total. The van der Waals surface area contributed by atoms with Crippen LogP contribution in [0.2, 0.25) is 0 Å². The van der Waals surface area contributed by atoms with Crippen LogP contribution >= 0.6 is 0 Å². The average Bonchev–Trinajstić information content (AvgIpc) is 2.69. The van der Waals surface area contributed by atoms with Gasteiger partial charge < -0.3 is 15.2 Å². The highest BCUT2D eigenvalue weighted by molar-refractivity contribution is 5.77. The lowest BCUT2D eigenvalue weighted by atomic mass is 10.1. The molecular weight excluding hydrogens is 371 g/mol. The predicted octanol–water partition coefficient (Wildman–Crippen LogP) is 3.95. The summed E-state index contributed by atoms with van der Waals surface area (Å²) in [4.78, 5) is 25.4. The number of halogens is 3. The van der Waals surface area contributed by atoms with Crippen LogP contribution in [0, 0.1) is 0 Å². The molecule has 8 heteroatoms. The van der Waals surface area contributed by atoms with Crippen LogP contribution in [-0.2, 0) is 24.1 Å². The average molecular weight is 403 g/mol. The van der Waals surface area contributed by atoms with Crippen LogP contribution < -0.4 is 11.3 Å². The molecular formula is C20H32F3N3O2. The summed E-state index contributed by atoms with van der Waals surface area (Å²) >= 11 is 0. The maximum atomic E-state index is 12.8. The highest BCUT2D eigenvalue weighted by Crippen LogP contribution is 2.29. The molecule has 0 radical (unpaired) electrons. The first kappa shape index (κ1) is 25.9. The lowest BCUT2D eigenvalue weighted by molar-refractivity contribution is -0.137. The number of aromatic nitrogens is 1. The Hall–Kier alpha value is -2.09. The zero-order chi connectivity index (χ0) is 21.9. The maximum absolute atomic E-state index is 12.8. The lowest BCUT2D eigenvalue weighted by Crippen LogP contribution is -2.42. The van der Waals surface area contributed by atoms with E-state index < -0.39 is 17.3 Å². The van der Waals surface area contributed by atoms with Crippen LogP contribution in [-0.4, -0.2) is 28.0 Å². The minimum absolute atomic E-state index is 0.00827. The van der Waals surface area contributed by atoms with Crippen molar-refractivity contribution in [1.29, 1.82) is 0 Å². The Morgan fingerprint density at radius 2 is 1.82 bits per heavy atom. The zero-order valence-electron chi connectivity index (χ0n) is 17.3. The van der Waals surface area contributed by atoms with Crippen LogP contribution in [0.3, 0.4) is 0 Å². The Bertz CT molecular complexity index is 697. The van der Waals surface area contributed by atoms with Gasteiger partial charge in [0.2, 0.25) is 5.91 Å². The summed E-state index contributed by atoms with van der Waals surface area (Å²) < 4.78 is 39.7. The molecule has 0 bridgehead atoms. The molecule has 0 unspecified atom stereocenters. The van der Waals surface area contributed by atoms with Gasteiger partial charge in [0, 0.05) is 37.3 Å². The smallest absolute Gasteiger partial charge is 0.335 e. The zero-order valence-corrected chi connectivity index (χ0v) is 17.3. The normalized spacial score (nSPS) is 14.4. The monoisotopic (exact) mass is 403 g/mol. The first-order valence-electron chi connectivity index (χ1n) is 9.73. The molecule has 160 valence electrons. The number of hydrogen-bond acceptors (Lipinski definition) is 3. The van der Waals surface area contributed by atoms with Crippen molar-refractivity contribution >= 4 is 5.91 Å². The van der Waals surface area contributed by atoms with Gasteiger partial charge >= 0.3 is 6.18 Å². The van der Waals surface area contributed by atoms with Gasteiger partial charge in [0.1, 0.15) is 0 Å². The second kappa shape index (κ2) is 12.4. The summed E-state index contributed by atoms with van der Waals surface area (Å²) in [5.74, 6) is -0.203. The van der Waals surface area contributed by atoms with E-state index in [1.807, 2.05) is 34.6 Å². The van der Waals surface area contributed by atoms with Crippen LogP contribution in [0.5, 0.6) is 0 Å². The third-order valence-corrected chi connectivity index (χ3v) is 3.99. The number of fused-ring (bicyclic) bond motifs is 1.